The lowest BCUT2D eigenvalue weighted by atomic mass is 9.78. The van der Waals surface area contributed by atoms with E-state index in [0.717, 1.165) is 5.46 Å². The smallest absolute Gasteiger partial charge is 0.494 e. The third-order valence-corrected chi connectivity index (χ3v) is 5.02. The minimum atomic E-state index is -0.941. The molecule has 1 saturated carbocycles. The van der Waals surface area contributed by atoms with Gasteiger partial charge in [0.1, 0.15) is 11.9 Å². The standard InChI is InChI=1S/C17H23BFNO4/c1-16(2)17(3,4)24-18(23-16)10-6-7-11(14(8-10)22-5)15(21)20-13-9-12(13)19/h6-8,12-13H,9H2,1-5H3,(H,20,21)/t12-,13+/m0/s1. The summed E-state index contributed by atoms with van der Waals surface area (Å²) in [5.41, 5.74) is 0.264. The predicted molar refractivity (Wildman–Crippen MR) is 89.5 cm³/mol. The fourth-order valence-corrected chi connectivity index (χ4v) is 2.58. The van der Waals surface area contributed by atoms with Crippen LogP contribution in [0.25, 0.3) is 0 Å². The summed E-state index contributed by atoms with van der Waals surface area (Å²) in [6, 6.07) is 4.78. The largest absolute Gasteiger partial charge is 0.496 e. The van der Waals surface area contributed by atoms with Crippen LogP contribution < -0.4 is 15.5 Å². The Morgan fingerprint density at radius 3 is 2.38 bits per heavy atom. The zero-order chi connectivity index (χ0) is 17.7. The first-order chi connectivity index (χ1) is 11.1. The number of hydrogen-bond donors (Lipinski definition) is 1. The summed E-state index contributed by atoms with van der Waals surface area (Å²) in [6.07, 6.45) is -0.566. The van der Waals surface area contributed by atoms with Crippen LogP contribution in [0, 0.1) is 0 Å². The molecule has 1 heterocycles. The number of rotatable bonds is 4. The predicted octanol–water partition coefficient (Wildman–Crippen LogP) is 1.83. The summed E-state index contributed by atoms with van der Waals surface area (Å²) in [4.78, 5) is 12.2. The van der Waals surface area contributed by atoms with Crippen LogP contribution in [0.2, 0.25) is 0 Å². The van der Waals surface area contributed by atoms with Crippen molar-refractivity contribution >= 4 is 18.5 Å². The molecule has 2 atom stereocenters. The van der Waals surface area contributed by atoms with E-state index < -0.39 is 24.5 Å². The van der Waals surface area contributed by atoms with Crippen molar-refractivity contribution in [2.24, 2.45) is 0 Å². The number of halogens is 1. The molecule has 5 nitrogen and oxygen atoms in total. The quantitative estimate of drug-likeness (QED) is 0.853. The Balaban J connectivity index is 1.81. The zero-order valence-electron chi connectivity index (χ0n) is 14.7. The average molecular weight is 335 g/mol. The molecule has 7 heteroatoms. The van der Waals surface area contributed by atoms with Crippen LogP contribution in [0.5, 0.6) is 5.75 Å². The van der Waals surface area contributed by atoms with E-state index in [4.69, 9.17) is 14.0 Å². The van der Waals surface area contributed by atoms with E-state index in [-0.39, 0.29) is 11.9 Å². The van der Waals surface area contributed by atoms with Crippen molar-refractivity contribution < 1.29 is 23.2 Å². The fraction of sp³-hybridized carbons (Fsp3) is 0.588. The van der Waals surface area contributed by atoms with Crippen LogP contribution in [0.3, 0.4) is 0 Å². The molecule has 0 aromatic heterocycles. The van der Waals surface area contributed by atoms with Gasteiger partial charge in [0.05, 0.1) is 29.9 Å². The van der Waals surface area contributed by atoms with Gasteiger partial charge in [-0.2, -0.15) is 0 Å². The third kappa shape index (κ3) is 3.02. The van der Waals surface area contributed by atoms with Gasteiger partial charge in [0.15, 0.2) is 0 Å². The minimum Gasteiger partial charge on any atom is -0.496 e. The van der Waals surface area contributed by atoms with Gasteiger partial charge >= 0.3 is 7.12 Å². The Hall–Kier alpha value is -1.60. The second kappa shape index (κ2) is 5.74. The maximum atomic E-state index is 13.0. The lowest BCUT2D eigenvalue weighted by Crippen LogP contribution is -2.41. The highest BCUT2D eigenvalue weighted by Gasteiger charge is 2.51. The van der Waals surface area contributed by atoms with Gasteiger partial charge in [-0.1, -0.05) is 6.07 Å². The molecular weight excluding hydrogens is 312 g/mol. The first-order valence-electron chi connectivity index (χ1n) is 8.13. The summed E-state index contributed by atoms with van der Waals surface area (Å²) >= 11 is 0. The van der Waals surface area contributed by atoms with Gasteiger partial charge in [0.2, 0.25) is 0 Å². The number of carbonyl (C=O) groups is 1. The molecule has 0 unspecified atom stereocenters. The maximum Gasteiger partial charge on any atom is 0.494 e. The lowest BCUT2D eigenvalue weighted by molar-refractivity contribution is 0.00578. The highest BCUT2D eigenvalue weighted by molar-refractivity contribution is 6.62. The van der Waals surface area contributed by atoms with Crippen molar-refractivity contribution in [3.8, 4) is 5.75 Å². The summed E-state index contributed by atoms with van der Waals surface area (Å²) in [5.74, 6) is 0.0771. The van der Waals surface area contributed by atoms with E-state index in [1.165, 1.54) is 7.11 Å². The first-order valence-corrected chi connectivity index (χ1v) is 8.13. The van der Waals surface area contributed by atoms with E-state index in [1.54, 1.807) is 18.2 Å². The molecule has 3 rings (SSSR count). The van der Waals surface area contributed by atoms with Crippen LogP contribution in [0.4, 0.5) is 4.39 Å². The van der Waals surface area contributed by atoms with Gasteiger partial charge in [0.25, 0.3) is 5.91 Å². The second-order valence-electron chi connectivity index (χ2n) is 7.38. The molecule has 130 valence electrons. The molecule has 1 saturated heterocycles. The first kappa shape index (κ1) is 17.2. The molecule has 2 aliphatic rings. The molecule has 0 spiro atoms. The normalized spacial score (nSPS) is 27.0. The molecule has 1 amide bonds. The Bertz CT molecular complexity index is 648. The molecule has 2 fully saturated rings. The maximum absolute atomic E-state index is 13.0. The van der Waals surface area contributed by atoms with E-state index in [0.29, 0.717) is 17.7 Å². The fourth-order valence-electron chi connectivity index (χ4n) is 2.58. The van der Waals surface area contributed by atoms with E-state index >= 15 is 0 Å². The molecular formula is C17H23BFNO4. The number of nitrogens with one attached hydrogen (secondary N) is 1. The zero-order valence-corrected chi connectivity index (χ0v) is 14.7. The van der Waals surface area contributed by atoms with Gasteiger partial charge in [0, 0.05) is 6.42 Å². The molecule has 0 bridgehead atoms. The van der Waals surface area contributed by atoms with Gasteiger partial charge in [-0.3, -0.25) is 4.79 Å². The number of benzene rings is 1. The van der Waals surface area contributed by atoms with Crippen molar-refractivity contribution in [1.82, 2.24) is 5.32 Å². The molecule has 1 aliphatic carbocycles. The van der Waals surface area contributed by atoms with Crippen molar-refractivity contribution in [3.63, 3.8) is 0 Å². The van der Waals surface area contributed by atoms with E-state index in [1.807, 2.05) is 27.7 Å². The van der Waals surface area contributed by atoms with Gasteiger partial charge in [-0.05, 0) is 45.3 Å². The van der Waals surface area contributed by atoms with Gasteiger partial charge in [-0.15, -0.1) is 0 Å². The highest BCUT2D eigenvalue weighted by Crippen LogP contribution is 2.36. The van der Waals surface area contributed by atoms with E-state index in [2.05, 4.69) is 5.32 Å². The number of ether oxygens (including phenoxy) is 1. The molecule has 0 radical (unpaired) electrons. The summed E-state index contributed by atoms with van der Waals surface area (Å²) in [7, 11) is 0.967. The number of alkyl halides is 1. The van der Waals surface area contributed by atoms with Crippen molar-refractivity contribution in [1.29, 1.82) is 0 Å². The monoisotopic (exact) mass is 335 g/mol. The number of amides is 1. The third-order valence-electron chi connectivity index (χ3n) is 5.02. The van der Waals surface area contributed by atoms with Crippen molar-refractivity contribution in [2.75, 3.05) is 7.11 Å². The minimum absolute atomic E-state index is 0.336. The van der Waals surface area contributed by atoms with Gasteiger partial charge < -0.3 is 19.4 Å². The molecule has 1 aromatic rings. The van der Waals surface area contributed by atoms with Crippen molar-refractivity contribution in [2.45, 2.75) is 57.5 Å². The van der Waals surface area contributed by atoms with Crippen LogP contribution in [-0.4, -0.2) is 43.6 Å². The lowest BCUT2D eigenvalue weighted by Gasteiger charge is -2.32. The Labute approximate surface area is 142 Å². The van der Waals surface area contributed by atoms with Crippen LogP contribution in [0.15, 0.2) is 18.2 Å². The molecule has 1 aliphatic heterocycles. The second-order valence-corrected chi connectivity index (χ2v) is 7.38. The van der Waals surface area contributed by atoms with Gasteiger partial charge in [-0.25, -0.2) is 4.39 Å². The van der Waals surface area contributed by atoms with E-state index in [9.17, 15) is 9.18 Å². The topological polar surface area (TPSA) is 56.8 Å². The highest BCUT2D eigenvalue weighted by atomic mass is 19.1. The molecule has 1 aromatic carbocycles. The number of hydrogen-bond acceptors (Lipinski definition) is 4. The van der Waals surface area contributed by atoms with Crippen LogP contribution in [0.1, 0.15) is 44.5 Å². The molecule has 1 N–H and O–H groups in total. The summed E-state index contributed by atoms with van der Waals surface area (Å²) in [6.45, 7) is 7.92. The molecule has 24 heavy (non-hydrogen) atoms. The number of methoxy groups -OCH3 is 1. The Morgan fingerprint density at radius 1 is 1.29 bits per heavy atom. The van der Waals surface area contributed by atoms with Crippen molar-refractivity contribution in [3.05, 3.63) is 23.8 Å². The Morgan fingerprint density at radius 2 is 1.88 bits per heavy atom. The summed E-state index contributed by atoms with van der Waals surface area (Å²) < 4.78 is 30.3. The number of carbonyl (C=O) groups excluding carboxylic acids is 1. The Kier molecular flexibility index (Phi) is 4.12. The van der Waals surface area contributed by atoms with Crippen LogP contribution in [-0.2, 0) is 9.31 Å². The van der Waals surface area contributed by atoms with Crippen LogP contribution >= 0.6 is 0 Å². The summed E-state index contributed by atoms with van der Waals surface area (Å²) in [5, 5.41) is 2.65. The SMILES string of the molecule is COc1cc(B2OC(C)(C)C(C)(C)O2)ccc1C(=O)N[C@@H]1C[C@@H]1F. The average Bonchev–Trinajstić information content (AvgIpc) is 3.13.